The SMILES string of the molecule is Cc1nc([C@@H](Cc2ccsc2)NC(=O)C23C[C@@H]4C[C@@H](CC(O)(C4)C2)C3)sc1C. The molecule has 1 amide bonds. The van der Waals surface area contributed by atoms with Crippen LogP contribution in [0.5, 0.6) is 0 Å². The second-order valence-electron chi connectivity index (χ2n) is 9.52. The molecular formula is C22H28N2O2S2. The Morgan fingerprint density at radius 1 is 1.32 bits per heavy atom. The quantitative estimate of drug-likeness (QED) is 0.751. The molecule has 2 N–H and O–H groups in total. The van der Waals surface area contributed by atoms with Crippen molar-refractivity contribution in [3.63, 3.8) is 0 Å². The van der Waals surface area contributed by atoms with Crippen molar-refractivity contribution in [1.29, 1.82) is 0 Å². The molecule has 28 heavy (non-hydrogen) atoms. The fourth-order valence-electron chi connectivity index (χ4n) is 6.28. The van der Waals surface area contributed by atoms with Crippen LogP contribution in [0.2, 0.25) is 0 Å². The van der Waals surface area contributed by atoms with Gasteiger partial charge in [0.15, 0.2) is 0 Å². The number of hydrogen-bond acceptors (Lipinski definition) is 5. The molecule has 0 aliphatic heterocycles. The van der Waals surface area contributed by atoms with Gasteiger partial charge in [-0.2, -0.15) is 11.3 Å². The van der Waals surface area contributed by atoms with Gasteiger partial charge in [0.2, 0.25) is 5.91 Å². The van der Waals surface area contributed by atoms with E-state index in [4.69, 9.17) is 4.98 Å². The minimum atomic E-state index is -0.612. The van der Waals surface area contributed by atoms with Crippen LogP contribution in [0.1, 0.15) is 65.7 Å². The Kier molecular flexibility index (Phi) is 4.45. The summed E-state index contributed by atoms with van der Waals surface area (Å²) in [5.41, 5.74) is 1.30. The van der Waals surface area contributed by atoms with Gasteiger partial charge in [-0.05, 0) is 86.6 Å². The normalized spacial score (nSPS) is 34.5. The number of hydrogen-bond donors (Lipinski definition) is 2. The third-order valence-electron chi connectivity index (χ3n) is 7.18. The highest BCUT2D eigenvalue weighted by Crippen LogP contribution is 2.61. The van der Waals surface area contributed by atoms with Crippen LogP contribution in [-0.4, -0.2) is 21.6 Å². The predicted octanol–water partition coefficient (Wildman–Crippen LogP) is 4.55. The number of nitrogens with one attached hydrogen (secondary N) is 1. The number of thiazole rings is 1. The minimum Gasteiger partial charge on any atom is -0.390 e. The van der Waals surface area contributed by atoms with Gasteiger partial charge in [-0.1, -0.05) is 0 Å². The van der Waals surface area contributed by atoms with Gasteiger partial charge in [-0.15, -0.1) is 11.3 Å². The fraction of sp³-hybridized carbons (Fsp3) is 0.636. The first-order valence-electron chi connectivity index (χ1n) is 10.3. The van der Waals surface area contributed by atoms with Crippen LogP contribution >= 0.6 is 22.7 Å². The summed E-state index contributed by atoms with van der Waals surface area (Å²) >= 11 is 3.38. The third kappa shape index (κ3) is 3.23. The Morgan fingerprint density at radius 3 is 2.64 bits per heavy atom. The van der Waals surface area contributed by atoms with Gasteiger partial charge in [-0.25, -0.2) is 4.98 Å². The Balaban J connectivity index is 1.41. The molecule has 2 aromatic rings. The molecule has 0 radical (unpaired) electrons. The van der Waals surface area contributed by atoms with Crippen LogP contribution < -0.4 is 5.32 Å². The maximum absolute atomic E-state index is 13.6. The number of nitrogens with zero attached hydrogens (tertiary/aromatic N) is 1. The zero-order valence-electron chi connectivity index (χ0n) is 16.5. The fourth-order valence-corrected chi connectivity index (χ4v) is 7.94. The van der Waals surface area contributed by atoms with Crippen molar-refractivity contribution in [2.24, 2.45) is 17.3 Å². The monoisotopic (exact) mass is 416 g/mol. The Hall–Kier alpha value is -1.24. The lowest BCUT2D eigenvalue weighted by Gasteiger charge is -2.59. The molecule has 5 atom stereocenters. The zero-order chi connectivity index (χ0) is 19.5. The highest BCUT2D eigenvalue weighted by Gasteiger charge is 2.60. The van der Waals surface area contributed by atoms with Crippen LogP contribution in [-0.2, 0) is 11.2 Å². The van der Waals surface area contributed by atoms with Gasteiger partial charge < -0.3 is 10.4 Å². The summed E-state index contributed by atoms with van der Waals surface area (Å²) in [6, 6.07) is 2.03. The summed E-state index contributed by atoms with van der Waals surface area (Å²) in [5.74, 6) is 1.17. The first-order chi connectivity index (χ1) is 13.3. The van der Waals surface area contributed by atoms with Gasteiger partial charge in [0.25, 0.3) is 0 Å². The molecule has 0 spiro atoms. The number of aromatic nitrogens is 1. The number of aliphatic hydroxyl groups is 1. The maximum Gasteiger partial charge on any atom is 0.226 e. The molecule has 4 bridgehead atoms. The summed E-state index contributed by atoms with van der Waals surface area (Å²) in [6.45, 7) is 4.13. The van der Waals surface area contributed by atoms with Crippen molar-refractivity contribution in [1.82, 2.24) is 10.3 Å². The highest BCUT2D eigenvalue weighted by molar-refractivity contribution is 7.11. The van der Waals surface area contributed by atoms with Crippen molar-refractivity contribution in [2.45, 2.75) is 70.4 Å². The predicted molar refractivity (Wildman–Crippen MR) is 113 cm³/mol. The molecule has 150 valence electrons. The third-order valence-corrected chi connectivity index (χ3v) is 9.10. The number of rotatable bonds is 5. The second kappa shape index (κ2) is 6.64. The van der Waals surface area contributed by atoms with Gasteiger partial charge in [0, 0.05) is 11.3 Å². The van der Waals surface area contributed by atoms with Crippen molar-refractivity contribution in [2.75, 3.05) is 0 Å². The smallest absolute Gasteiger partial charge is 0.226 e. The van der Waals surface area contributed by atoms with E-state index in [0.717, 1.165) is 42.8 Å². The van der Waals surface area contributed by atoms with E-state index in [0.29, 0.717) is 18.3 Å². The van der Waals surface area contributed by atoms with Crippen LogP contribution in [0.4, 0.5) is 0 Å². The molecule has 4 aliphatic carbocycles. The van der Waals surface area contributed by atoms with E-state index in [1.807, 2.05) is 6.92 Å². The van der Waals surface area contributed by atoms with Crippen molar-refractivity contribution in [3.8, 4) is 0 Å². The lowest BCUT2D eigenvalue weighted by atomic mass is 9.47. The first kappa shape index (κ1) is 18.8. The maximum atomic E-state index is 13.6. The number of aryl methyl sites for hydroxylation is 2. The lowest BCUT2D eigenvalue weighted by molar-refractivity contribution is -0.178. The topological polar surface area (TPSA) is 62.2 Å². The number of carbonyl (C=O) groups is 1. The molecule has 0 aromatic carbocycles. The molecule has 2 unspecified atom stereocenters. The van der Waals surface area contributed by atoms with Crippen LogP contribution in [0.25, 0.3) is 0 Å². The molecule has 4 aliphatic rings. The molecule has 4 fully saturated rings. The van der Waals surface area contributed by atoms with Gasteiger partial charge >= 0.3 is 0 Å². The number of amides is 1. The molecule has 4 nitrogen and oxygen atoms in total. The van der Waals surface area contributed by atoms with Crippen molar-refractivity contribution in [3.05, 3.63) is 38.0 Å². The highest BCUT2D eigenvalue weighted by atomic mass is 32.1. The van der Waals surface area contributed by atoms with E-state index in [9.17, 15) is 9.90 Å². The van der Waals surface area contributed by atoms with Gasteiger partial charge in [0.05, 0.1) is 22.8 Å². The average molecular weight is 417 g/mol. The van der Waals surface area contributed by atoms with E-state index in [2.05, 4.69) is 29.1 Å². The Labute approximate surface area is 174 Å². The second-order valence-corrected chi connectivity index (χ2v) is 11.5. The summed E-state index contributed by atoms with van der Waals surface area (Å²) < 4.78 is 0. The van der Waals surface area contributed by atoms with Crippen LogP contribution in [0.3, 0.4) is 0 Å². The Morgan fingerprint density at radius 2 is 2.07 bits per heavy atom. The van der Waals surface area contributed by atoms with Gasteiger partial charge in [-0.3, -0.25) is 4.79 Å². The molecule has 6 rings (SSSR count). The van der Waals surface area contributed by atoms with Gasteiger partial charge in [0.1, 0.15) is 5.01 Å². The van der Waals surface area contributed by atoms with Crippen LogP contribution in [0, 0.1) is 31.1 Å². The van der Waals surface area contributed by atoms with E-state index in [1.165, 1.54) is 16.9 Å². The summed E-state index contributed by atoms with van der Waals surface area (Å²) in [7, 11) is 0. The summed E-state index contributed by atoms with van der Waals surface area (Å²) in [6.07, 6.45) is 6.27. The molecular weight excluding hydrogens is 388 g/mol. The Bertz CT molecular complexity index is 855. The molecule has 0 saturated heterocycles. The van der Waals surface area contributed by atoms with E-state index in [-0.39, 0.29) is 17.4 Å². The van der Waals surface area contributed by atoms with Crippen molar-refractivity contribution < 1.29 is 9.90 Å². The number of thiophene rings is 1. The first-order valence-corrected chi connectivity index (χ1v) is 12.1. The number of carbonyl (C=O) groups excluding carboxylic acids is 1. The summed E-state index contributed by atoms with van der Waals surface area (Å²) in [5, 5.41) is 19.7. The average Bonchev–Trinajstić information content (AvgIpc) is 3.22. The largest absolute Gasteiger partial charge is 0.390 e. The summed E-state index contributed by atoms with van der Waals surface area (Å²) in [4.78, 5) is 19.6. The molecule has 2 aromatic heterocycles. The standard InChI is InChI=1S/C22H28N2O2S2/c1-13-14(2)28-19(23-13)18(6-15-3-4-27-11-15)24-20(25)21-7-16-5-17(8-21)10-22(26,9-16)12-21/h3-4,11,16-18,26H,5-10,12H2,1-2H3,(H,24,25)/t16-,17+,18-,21?,22?/m1/s1. The van der Waals surface area contributed by atoms with Crippen molar-refractivity contribution >= 4 is 28.6 Å². The lowest BCUT2D eigenvalue weighted by Crippen LogP contribution is -2.60. The zero-order valence-corrected chi connectivity index (χ0v) is 18.2. The van der Waals surface area contributed by atoms with E-state index >= 15 is 0 Å². The van der Waals surface area contributed by atoms with E-state index in [1.54, 1.807) is 22.7 Å². The van der Waals surface area contributed by atoms with E-state index < -0.39 is 5.60 Å². The molecule has 6 heteroatoms. The van der Waals surface area contributed by atoms with Crippen LogP contribution in [0.15, 0.2) is 16.8 Å². The molecule has 4 saturated carbocycles. The molecule has 2 heterocycles. The minimum absolute atomic E-state index is 0.0952.